The zero-order valence-corrected chi connectivity index (χ0v) is 14.6. The molecular formula is C17H28N2OS. The van der Waals surface area contributed by atoms with Crippen LogP contribution in [0.4, 0.5) is 0 Å². The number of hydrogen-bond acceptors (Lipinski definition) is 4. The largest absolute Gasteiger partial charge is 0.300 e. The Hall–Kier alpha value is -0.740. The van der Waals surface area contributed by atoms with Crippen molar-refractivity contribution in [3.05, 3.63) is 16.1 Å². The van der Waals surface area contributed by atoms with E-state index < -0.39 is 0 Å². The predicted octanol–water partition coefficient (Wildman–Crippen LogP) is 4.16. The Morgan fingerprint density at radius 3 is 2.76 bits per heavy atom. The van der Waals surface area contributed by atoms with Gasteiger partial charge in [-0.25, -0.2) is 4.98 Å². The number of carbonyl (C=O) groups excluding carboxylic acids is 1. The minimum absolute atomic E-state index is 0.117. The molecule has 1 saturated heterocycles. The fourth-order valence-corrected chi connectivity index (χ4v) is 3.95. The smallest absolute Gasteiger partial charge is 0.131 e. The molecular weight excluding hydrogens is 280 g/mol. The van der Waals surface area contributed by atoms with Gasteiger partial charge in [0.2, 0.25) is 0 Å². The summed E-state index contributed by atoms with van der Waals surface area (Å²) in [4.78, 5) is 18.8. The molecule has 0 bridgehead atoms. The zero-order chi connectivity index (χ0) is 15.5. The van der Waals surface area contributed by atoms with Crippen molar-refractivity contribution in [2.75, 3.05) is 6.54 Å². The Kier molecular flexibility index (Phi) is 5.55. The molecule has 0 saturated carbocycles. The maximum Gasteiger partial charge on any atom is 0.131 e. The first-order valence-electron chi connectivity index (χ1n) is 8.04. The van der Waals surface area contributed by atoms with Crippen molar-refractivity contribution < 1.29 is 4.79 Å². The third-order valence-electron chi connectivity index (χ3n) is 4.18. The highest BCUT2D eigenvalue weighted by Gasteiger charge is 2.24. The second-order valence-electron chi connectivity index (χ2n) is 7.26. The van der Waals surface area contributed by atoms with E-state index in [4.69, 9.17) is 4.98 Å². The van der Waals surface area contributed by atoms with Crippen LogP contribution in [0.25, 0.3) is 0 Å². The summed E-state index contributed by atoms with van der Waals surface area (Å²) in [6.07, 6.45) is 5.62. The number of likely N-dealkylation sites (tertiary alicyclic amines) is 1. The van der Waals surface area contributed by atoms with E-state index >= 15 is 0 Å². The van der Waals surface area contributed by atoms with E-state index in [1.165, 1.54) is 30.0 Å². The highest BCUT2D eigenvalue weighted by molar-refractivity contribution is 7.09. The summed E-state index contributed by atoms with van der Waals surface area (Å²) in [5, 5.41) is 3.38. The molecule has 1 atom stereocenters. The molecule has 4 heteroatoms. The molecule has 0 aromatic carbocycles. The molecule has 0 N–H and O–H groups in total. The number of hydrogen-bond donors (Lipinski definition) is 0. The number of carbonyl (C=O) groups is 1. The number of Topliss-reactive ketones (excluding diaryl/α,β-unsaturated/α-hetero) is 1. The summed E-state index contributed by atoms with van der Waals surface area (Å²) in [5.41, 5.74) is 1.30. The summed E-state index contributed by atoms with van der Waals surface area (Å²) >= 11 is 1.76. The predicted molar refractivity (Wildman–Crippen MR) is 88.8 cm³/mol. The molecule has 0 amide bonds. The lowest BCUT2D eigenvalue weighted by molar-refractivity contribution is -0.118. The van der Waals surface area contributed by atoms with Crippen molar-refractivity contribution >= 4 is 17.1 Å². The average molecular weight is 308 g/mol. The molecule has 2 rings (SSSR count). The van der Waals surface area contributed by atoms with Crippen molar-refractivity contribution in [3.63, 3.8) is 0 Å². The van der Waals surface area contributed by atoms with Crippen LogP contribution in [-0.2, 0) is 16.8 Å². The molecule has 3 nitrogen and oxygen atoms in total. The van der Waals surface area contributed by atoms with Gasteiger partial charge in [0.05, 0.1) is 12.2 Å². The second kappa shape index (κ2) is 7.01. The minimum atomic E-state index is 0.117. The van der Waals surface area contributed by atoms with Crippen LogP contribution in [0.1, 0.15) is 70.5 Å². The number of aromatic nitrogens is 1. The average Bonchev–Trinajstić information content (AvgIpc) is 2.74. The maximum absolute atomic E-state index is 11.5. The van der Waals surface area contributed by atoms with Crippen LogP contribution in [0.15, 0.2) is 5.38 Å². The molecule has 0 radical (unpaired) electrons. The van der Waals surface area contributed by atoms with Gasteiger partial charge in [0.25, 0.3) is 0 Å². The van der Waals surface area contributed by atoms with Crippen molar-refractivity contribution in [2.45, 2.75) is 77.8 Å². The molecule has 2 heterocycles. The van der Waals surface area contributed by atoms with Crippen molar-refractivity contribution in [1.29, 1.82) is 0 Å². The Labute approximate surface area is 132 Å². The normalized spacial score (nSPS) is 21.2. The molecule has 0 aliphatic carbocycles. The standard InChI is InChI=1S/C17H28N2OS/c1-13(20)10-14-8-6-5-7-9-19(14)11-16-18-15(12-21-16)17(2,3)4/h12,14H,5-11H2,1-4H3. The second-order valence-corrected chi connectivity index (χ2v) is 8.20. The molecule has 21 heavy (non-hydrogen) atoms. The van der Waals surface area contributed by atoms with Crippen LogP contribution in [-0.4, -0.2) is 28.3 Å². The fraction of sp³-hybridized carbons (Fsp3) is 0.765. The first kappa shape index (κ1) is 16.6. The van der Waals surface area contributed by atoms with Crippen molar-refractivity contribution in [3.8, 4) is 0 Å². The van der Waals surface area contributed by atoms with E-state index in [1.807, 2.05) is 0 Å². The van der Waals surface area contributed by atoms with Crippen LogP contribution < -0.4 is 0 Å². The highest BCUT2D eigenvalue weighted by Crippen LogP contribution is 2.27. The number of rotatable bonds is 4. The lowest BCUT2D eigenvalue weighted by Crippen LogP contribution is -2.35. The van der Waals surface area contributed by atoms with E-state index in [9.17, 15) is 4.79 Å². The SMILES string of the molecule is CC(=O)CC1CCCCCN1Cc1nc(C(C)(C)C)cs1. The maximum atomic E-state index is 11.5. The highest BCUT2D eigenvalue weighted by atomic mass is 32.1. The van der Waals surface area contributed by atoms with Crippen LogP contribution >= 0.6 is 11.3 Å². The van der Waals surface area contributed by atoms with Crippen LogP contribution in [0, 0.1) is 0 Å². The van der Waals surface area contributed by atoms with Crippen LogP contribution in [0.2, 0.25) is 0 Å². The van der Waals surface area contributed by atoms with Gasteiger partial charge in [-0.2, -0.15) is 0 Å². The van der Waals surface area contributed by atoms with Gasteiger partial charge in [0.15, 0.2) is 0 Å². The molecule has 1 aliphatic heterocycles. The van der Waals surface area contributed by atoms with Gasteiger partial charge < -0.3 is 0 Å². The van der Waals surface area contributed by atoms with Gasteiger partial charge in [-0.3, -0.25) is 9.69 Å². The molecule has 1 aromatic rings. The molecule has 118 valence electrons. The van der Waals surface area contributed by atoms with Crippen molar-refractivity contribution in [1.82, 2.24) is 9.88 Å². The van der Waals surface area contributed by atoms with Gasteiger partial charge in [-0.15, -0.1) is 11.3 Å². The summed E-state index contributed by atoms with van der Waals surface area (Å²) < 4.78 is 0. The summed E-state index contributed by atoms with van der Waals surface area (Å²) in [6, 6.07) is 0.409. The lowest BCUT2D eigenvalue weighted by Gasteiger charge is -2.28. The first-order chi connectivity index (χ1) is 9.86. The van der Waals surface area contributed by atoms with E-state index in [0.717, 1.165) is 19.5 Å². The Morgan fingerprint density at radius 2 is 2.14 bits per heavy atom. The fourth-order valence-electron chi connectivity index (χ4n) is 2.91. The van der Waals surface area contributed by atoms with Gasteiger partial charge >= 0.3 is 0 Å². The van der Waals surface area contributed by atoms with E-state index in [2.05, 4.69) is 31.1 Å². The van der Waals surface area contributed by atoms with Gasteiger partial charge in [0, 0.05) is 23.3 Å². The molecule has 0 spiro atoms. The summed E-state index contributed by atoms with van der Waals surface area (Å²) in [7, 11) is 0. The van der Waals surface area contributed by atoms with Gasteiger partial charge in [-0.05, 0) is 26.3 Å². The topological polar surface area (TPSA) is 33.2 Å². The third-order valence-corrected chi connectivity index (χ3v) is 5.01. The summed E-state index contributed by atoms with van der Waals surface area (Å²) in [5.74, 6) is 0.307. The number of thiazole rings is 1. The molecule has 1 aromatic heterocycles. The number of ketones is 1. The molecule has 1 aliphatic rings. The quantitative estimate of drug-likeness (QED) is 0.837. The van der Waals surface area contributed by atoms with Crippen molar-refractivity contribution in [2.24, 2.45) is 0 Å². The third kappa shape index (κ3) is 4.89. The monoisotopic (exact) mass is 308 g/mol. The number of nitrogens with zero attached hydrogens (tertiary/aromatic N) is 2. The molecule has 1 unspecified atom stereocenters. The summed E-state index contributed by atoms with van der Waals surface area (Å²) in [6.45, 7) is 10.3. The van der Waals surface area contributed by atoms with Crippen LogP contribution in [0.5, 0.6) is 0 Å². The Morgan fingerprint density at radius 1 is 1.38 bits per heavy atom. The zero-order valence-electron chi connectivity index (χ0n) is 13.8. The van der Waals surface area contributed by atoms with E-state index in [0.29, 0.717) is 18.2 Å². The van der Waals surface area contributed by atoms with Gasteiger partial charge in [0.1, 0.15) is 10.8 Å². The first-order valence-corrected chi connectivity index (χ1v) is 8.92. The Balaban J connectivity index is 2.07. The molecule has 1 fully saturated rings. The Bertz CT molecular complexity index is 475. The van der Waals surface area contributed by atoms with E-state index in [1.54, 1.807) is 18.3 Å². The van der Waals surface area contributed by atoms with E-state index in [-0.39, 0.29) is 5.41 Å². The van der Waals surface area contributed by atoms with Crippen LogP contribution in [0.3, 0.4) is 0 Å². The lowest BCUT2D eigenvalue weighted by atomic mass is 9.93. The van der Waals surface area contributed by atoms with Gasteiger partial charge in [-0.1, -0.05) is 33.6 Å². The minimum Gasteiger partial charge on any atom is -0.300 e.